The number of aromatic nitrogens is 1. The summed E-state index contributed by atoms with van der Waals surface area (Å²) < 4.78 is 0.954. The first kappa shape index (κ1) is 18.3. The highest BCUT2D eigenvalue weighted by Crippen LogP contribution is 2.48. The Labute approximate surface area is 176 Å². The standard InChI is InChI=1S/C22H17ClN2O3S/c23-15-6-3-11(4-7-15)12-5-8-16-17(10-12)29-22(24-16)25-20(26)18-13-1-2-14(9-13)19(18)21(27)28/h1-8,10,13-14,18-19H,9H2,(H,27,28)(H,24,25,26)/t13?,14?,18-,19+/m1/s1. The molecule has 5 nitrogen and oxygen atoms in total. The van der Waals surface area contributed by atoms with E-state index in [1.807, 2.05) is 54.6 Å². The monoisotopic (exact) mass is 424 g/mol. The Bertz CT molecular complexity index is 1150. The molecule has 4 atom stereocenters. The molecule has 1 heterocycles. The van der Waals surface area contributed by atoms with Crippen molar-refractivity contribution in [2.75, 3.05) is 5.32 Å². The number of nitrogens with one attached hydrogen (secondary N) is 1. The van der Waals surface area contributed by atoms with Gasteiger partial charge >= 0.3 is 5.97 Å². The number of hydrogen-bond donors (Lipinski definition) is 2. The number of allylic oxidation sites excluding steroid dienone is 2. The molecule has 1 saturated carbocycles. The minimum atomic E-state index is -0.904. The van der Waals surface area contributed by atoms with Gasteiger partial charge in [0.25, 0.3) is 0 Å². The number of halogens is 1. The molecule has 1 aromatic heterocycles. The second kappa shape index (κ2) is 6.97. The van der Waals surface area contributed by atoms with Gasteiger partial charge in [0.15, 0.2) is 5.13 Å². The highest BCUT2D eigenvalue weighted by Gasteiger charge is 2.51. The zero-order valence-corrected chi connectivity index (χ0v) is 16.8. The van der Waals surface area contributed by atoms with E-state index in [1.165, 1.54) is 11.3 Å². The van der Waals surface area contributed by atoms with Crippen molar-refractivity contribution in [3.8, 4) is 11.1 Å². The van der Waals surface area contributed by atoms with E-state index in [0.717, 1.165) is 27.8 Å². The highest BCUT2D eigenvalue weighted by atomic mass is 35.5. The fourth-order valence-corrected chi connectivity index (χ4v) is 5.54. The van der Waals surface area contributed by atoms with Crippen LogP contribution in [0.4, 0.5) is 5.13 Å². The van der Waals surface area contributed by atoms with Crippen molar-refractivity contribution < 1.29 is 14.7 Å². The van der Waals surface area contributed by atoms with E-state index in [-0.39, 0.29) is 17.7 Å². The average Bonchev–Trinajstić information content (AvgIpc) is 3.41. The molecule has 2 aliphatic rings. The summed E-state index contributed by atoms with van der Waals surface area (Å²) in [6, 6.07) is 13.6. The Morgan fingerprint density at radius 3 is 2.45 bits per heavy atom. The lowest BCUT2D eigenvalue weighted by molar-refractivity contribution is -0.146. The van der Waals surface area contributed by atoms with Crippen molar-refractivity contribution in [1.29, 1.82) is 0 Å². The van der Waals surface area contributed by atoms with E-state index in [4.69, 9.17) is 11.6 Å². The maximum atomic E-state index is 12.9. The van der Waals surface area contributed by atoms with E-state index in [1.54, 1.807) is 0 Å². The summed E-state index contributed by atoms with van der Waals surface area (Å²) in [5.41, 5.74) is 2.89. The highest BCUT2D eigenvalue weighted by molar-refractivity contribution is 7.22. The average molecular weight is 425 g/mol. The Kier molecular flexibility index (Phi) is 4.41. The van der Waals surface area contributed by atoms with Crippen LogP contribution in [0, 0.1) is 23.7 Å². The van der Waals surface area contributed by atoms with Crippen LogP contribution in [0.2, 0.25) is 5.02 Å². The van der Waals surface area contributed by atoms with Crippen molar-refractivity contribution in [2.24, 2.45) is 23.7 Å². The molecule has 2 N–H and O–H groups in total. The van der Waals surface area contributed by atoms with Crippen molar-refractivity contribution in [3.05, 3.63) is 59.6 Å². The van der Waals surface area contributed by atoms with E-state index in [0.29, 0.717) is 10.2 Å². The van der Waals surface area contributed by atoms with E-state index in [9.17, 15) is 14.7 Å². The number of amides is 1. The summed E-state index contributed by atoms with van der Waals surface area (Å²) in [6.07, 6.45) is 4.65. The number of carboxylic acid groups (broad SMARTS) is 1. The number of anilines is 1. The smallest absolute Gasteiger partial charge is 0.307 e. The third kappa shape index (κ3) is 3.22. The van der Waals surface area contributed by atoms with Gasteiger partial charge in [0.1, 0.15) is 0 Å². The number of benzene rings is 2. The summed E-state index contributed by atoms with van der Waals surface area (Å²) in [5, 5.41) is 13.6. The normalized spacial score (nSPS) is 24.9. The van der Waals surface area contributed by atoms with Crippen molar-refractivity contribution >= 4 is 50.2 Å². The Balaban J connectivity index is 1.39. The molecule has 2 unspecified atom stereocenters. The van der Waals surface area contributed by atoms with Crippen LogP contribution in [0.1, 0.15) is 6.42 Å². The SMILES string of the molecule is O=C(Nc1nc2ccc(-c3ccc(Cl)cc3)cc2s1)[C@@H]1C2C=CC(C2)[C@@H]1C(=O)O. The number of fused-ring (bicyclic) bond motifs is 3. The summed E-state index contributed by atoms with van der Waals surface area (Å²) in [5.74, 6) is -2.42. The number of carboxylic acids is 1. The number of hydrogen-bond acceptors (Lipinski definition) is 4. The molecule has 2 aliphatic carbocycles. The molecule has 7 heteroatoms. The van der Waals surface area contributed by atoms with Crippen LogP contribution in [-0.2, 0) is 9.59 Å². The molecule has 0 saturated heterocycles. The first-order chi connectivity index (χ1) is 14.0. The van der Waals surface area contributed by atoms with Crippen LogP contribution in [0.25, 0.3) is 21.3 Å². The van der Waals surface area contributed by atoms with Gasteiger partial charge in [-0.25, -0.2) is 4.98 Å². The van der Waals surface area contributed by atoms with E-state index >= 15 is 0 Å². The minimum Gasteiger partial charge on any atom is -0.481 e. The van der Waals surface area contributed by atoms with Gasteiger partial charge in [-0.3, -0.25) is 9.59 Å². The number of carbonyl (C=O) groups excluding carboxylic acids is 1. The molecule has 1 fully saturated rings. The molecule has 0 radical (unpaired) electrons. The molecule has 0 spiro atoms. The lowest BCUT2D eigenvalue weighted by Gasteiger charge is -2.23. The van der Waals surface area contributed by atoms with Crippen LogP contribution in [0.3, 0.4) is 0 Å². The summed E-state index contributed by atoms with van der Waals surface area (Å²) in [4.78, 5) is 29.0. The molecular weight excluding hydrogens is 408 g/mol. The predicted molar refractivity (Wildman–Crippen MR) is 114 cm³/mol. The molecule has 3 aromatic rings. The minimum absolute atomic E-state index is 0.00742. The summed E-state index contributed by atoms with van der Waals surface area (Å²) >= 11 is 7.36. The molecule has 5 rings (SSSR count). The maximum absolute atomic E-state index is 12.9. The third-order valence-electron chi connectivity index (χ3n) is 5.84. The fourth-order valence-electron chi connectivity index (χ4n) is 4.51. The van der Waals surface area contributed by atoms with Crippen LogP contribution in [0.15, 0.2) is 54.6 Å². The lowest BCUT2D eigenvalue weighted by Crippen LogP contribution is -2.36. The Hall–Kier alpha value is -2.70. The molecule has 2 bridgehead atoms. The summed E-state index contributed by atoms with van der Waals surface area (Å²) in [6.45, 7) is 0. The molecule has 1 amide bonds. The quantitative estimate of drug-likeness (QED) is 0.572. The van der Waals surface area contributed by atoms with E-state index in [2.05, 4.69) is 10.3 Å². The van der Waals surface area contributed by atoms with Crippen molar-refractivity contribution in [3.63, 3.8) is 0 Å². The summed E-state index contributed by atoms with van der Waals surface area (Å²) in [7, 11) is 0. The Morgan fingerprint density at radius 2 is 1.72 bits per heavy atom. The molecule has 0 aliphatic heterocycles. The van der Waals surface area contributed by atoms with Gasteiger partial charge in [0.2, 0.25) is 5.91 Å². The van der Waals surface area contributed by atoms with Gasteiger partial charge < -0.3 is 10.4 Å². The van der Waals surface area contributed by atoms with Gasteiger partial charge in [-0.2, -0.15) is 0 Å². The van der Waals surface area contributed by atoms with Gasteiger partial charge in [-0.15, -0.1) is 0 Å². The number of rotatable bonds is 4. The Morgan fingerprint density at radius 1 is 1.03 bits per heavy atom. The fraction of sp³-hybridized carbons (Fsp3) is 0.227. The second-order valence-electron chi connectivity index (χ2n) is 7.54. The second-order valence-corrected chi connectivity index (χ2v) is 9.00. The van der Waals surface area contributed by atoms with Crippen molar-refractivity contribution in [2.45, 2.75) is 6.42 Å². The van der Waals surface area contributed by atoms with Crippen LogP contribution >= 0.6 is 22.9 Å². The molecule has 146 valence electrons. The van der Waals surface area contributed by atoms with Crippen LogP contribution < -0.4 is 5.32 Å². The predicted octanol–water partition coefficient (Wildman–Crippen LogP) is 5.08. The van der Waals surface area contributed by atoms with Gasteiger partial charge in [-0.1, -0.05) is 53.3 Å². The molecule has 2 aromatic carbocycles. The number of aliphatic carboxylic acids is 1. The molecule has 29 heavy (non-hydrogen) atoms. The molecular formula is C22H17ClN2O3S. The first-order valence-electron chi connectivity index (χ1n) is 9.38. The maximum Gasteiger partial charge on any atom is 0.307 e. The number of nitrogens with zero attached hydrogens (tertiary/aromatic N) is 1. The lowest BCUT2D eigenvalue weighted by atomic mass is 9.82. The zero-order chi connectivity index (χ0) is 20.1. The van der Waals surface area contributed by atoms with Crippen molar-refractivity contribution in [1.82, 2.24) is 4.98 Å². The largest absolute Gasteiger partial charge is 0.481 e. The number of carbonyl (C=O) groups is 2. The number of thiazole rings is 1. The topological polar surface area (TPSA) is 79.3 Å². The van der Waals surface area contributed by atoms with Gasteiger partial charge in [0, 0.05) is 5.02 Å². The van der Waals surface area contributed by atoms with Gasteiger partial charge in [0.05, 0.1) is 22.1 Å². The van der Waals surface area contributed by atoms with E-state index < -0.39 is 17.8 Å². The van der Waals surface area contributed by atoms with Crippen LogP contribution in [-0.4, -0.2) is 22.0 Å². The third-order valence-corrected chi connectivity index (χ3v) is 7.03. The zero-order valence-electron chi connectivity index (χ0n) is 15.2. The van der Waals surface area contributed by atoms with Crippen LogP contribution in [0.5, 0.6) is 0 Å². The van der Waals surface area contributed by atoms with Gasteiger partial charge in [-0.05, 0) is 53.6 Å². The first-order valence-corrected chi connectivity index (χ1v) is 10.6.